The first-order valence-corrected chi connectivity index (χ1v) is 15.0. The SMILES string of the molecule is CC1(C)CCCN(C(=O)CS[C@H]2CCCC[C@@H]2Sc2cc(C(C)(C)C)c(O)c(C(C)(C)C)c2)C1. The summed E-state index contributed by atoms with van der Waals surface area (Å²) in [5.41, 5.74) is 2.08. The third-order valence-corrected chi connectivity index (χ3v) is 10.3. The first kappa shape index (κ1) is 27.8. The van der Waals surface area contributed by atoms with Gasteiger partial charge in [-0.25, -0.2) is 0 Å². The summed E-state index contributed by atoms with van der Waals surface area (Å²) in [6.45, 7) is 19.4. The molecule has 0 radical (unpaired) electrons. The molecule has 1 aromatic carbocycles. The highest BCUT2D eigenvalue weighted by Crippen LogP contribution is 2.45. The molecule has 2 atom stereocenters. The second-order valence-corrected chi connectivity index (χ2v) is 15.8. The highest BCUT2D eigenvalue weighted by atomic mass is 32.2. The zero-order valence-corrected chi connectivity index (χ0v) is 24.4. The van der Waals surface area contributed by atoms with E-state index in [1.807, 2.05) is 23.5 Å². The second kappa shape index (κ2) is 10.7. The van der Waals surface area contributed by atoms with Gasteiger partial charge in [-0.3, -0.25) is 4.79 Å². The third-order valence-electron chi connectivity index (χ3n) is 7.30. The van der Waals surface area contributed by atoms with Gasteiger partial charge < -0.3 is 10.0 Å². The summed E-state index contributed by atoms with van der Waals surface area (Å²) in [7, 11) is 0. The summed E-state index contributed by atoms with van der Waals surface area (Å²) < 4.78 is 0. The molecule has 2 aliphatic rings. The molecule has 1 amide bonds. The van der Waals surface area contributed by atoms with Gasteiger partial charge in [-0.15, -0.1) is 23.5 Å². The van der Waals surface area contributed by atoms with Crippen molar-refractivity contribution in [2.24, 2.45) is 5.41 Å². The summed E-state index contributed by atoms with van der Waals surface area (Å²) in [6, 6.07) is 4.43. The van der Waals surface area contributed by atoms with Crippen molar-refractivity contribution in [3.63, 3.8) is 0 Å². The number of carbonyl (C=O) groups is 1. The maximum atomic E-state index is 13.0. The Bertz CT molecular complexity index is 831. The minimum absolute atomic E-state index is 0.115. The molecule has 3 nitrogen and oxygen atoms in total. The molecule has 0 bridgehead atoms. The van der Waals surface area contributed by atoms with Gasteiger partial charge in [-0.05, 0) is 54.1 Å². The van der Waals surface area contributed by atoms with Crippen molar-refractivity contribution in [3.05, 3.63) is 23.3 Å². The molecule has 1 heterocycles. The lowest BCUT2D eigenvalue weighted by atomic mass is 9.79. The van der Waals surface area contributed by atoms with E-state index in [0.717, 1.165) is 30.6 Å². The number of piperidine rings is 1. The van der Waals surface area contributed by atoms with Gasteiger partial charge in [0.25, 0.3) is 0 Å². The van der Waals surface area contributed by atoms with Gasteiger partial charge in [0.1, 0.15) is 5.75 Å². The van der Waals surface area contributed by atoms with Crippen molar-refractivity contribution < 1.29 is 9.90 Å². The number of nitrogens with zero attached hydrogens (tertiary/aromatic N) is 1. The molecule has 34 heavy (non-hydrogen) atoms. The van der Waals surface area contributed by atoms with Crippen molar-refractivity contribution in [2.75, 3.05) is 18.8 Å². The lowest BCUT2D eigenvalue weighted by Crippen LogP contribution is -2.44. The van der Waals surface area contributed by atoms with E-state index in [1.165, 1.54) is 37.0 Å². The lowest BCUT2D eigenvalue weighted by Gasteiger charge is -2.38. The summed E-state index contributed by atoms with van der Waals surface area (Å²) >= 11 is 3.86. The van der Waals surface area contributed by atoms with Crippen LogP contribution in [0.3, 0.4) is 0 Å². The van der Waals surface area contributed by atoms with E-state index >= 15 is 0 Å². The van der Waals surface area contributed by atoms with E-state index in [4.69, 9.17) is 0 Å². The molecule has 0 aromatic heterocycles. The highest BCUT2D eigenvalue weighted by molar-refractivity contribution is 8.04. The van der Waals surface area contributed by atoms with Gasteiger partial charge >= 0.3 is 0 Å². The summed E-state index contributed by atoms with van der Waals surface area (Å²) in [5, 5.41) is 12.1. The van der Waals surface area contributed by atoms with E-state index in [1.54, 1.807) is 0 Å². The van der Waals surface area contributed by atoms with Crippen LogP contribution in [0.2, 0.25) is 0 Å². The molecule has 1 aromatic rings. The Kier molecular flexibility index (Phi) is 8.71. The van der Waals surface area contributed by atoms with Gasteiger partial charge in [-0.2, -0.15) is 0 Å². The van der Waals surface area contributed by atoms with Crippen LogP contribution in [0.25, 0.3) is 0 Å². The Morgan fingerprint density at radius 1 is 1.00 bits per heavy atom. The fraction of sp³-hybridized carbons (Fsp3) is 0.759. The number of carbonyl (C=O) groups excluding carboxylic acids is 1. The standard InChI is InChI=1S/C29H47NO2S2/c1-27(2,3)21-16-20(17-22(26(21)32)28(4,5)6)34-24-13-10-9-12-23(24)33-18-25(31)30-15-11-14-29(7,8)19-30/h16-17,23-24,32H,9-15,18-19H2,1-8H3/t23-,24-/m0/s1. The van der Waals surface area contributed by atoms with E-state index < -0.39 is 0 Å². The van der Waals surface area contributed by atoms with E-state index in [2.05, 4.69) is 72.4 Å². The number of hydrogen-bond donors (Lipinski definition) is 1. The largest absolute Gasteiger partial charge is 0.507 e. The van der Waals surface area contributed by atoms with Crippen molar-refractivity contribution in [1.29, 1.82) is 0 Å². The Morgan fingerprint density at radius 2 is 1.56 bits per heavy atom. The van der Waals surface area contributed by atoms with E-state index in [0.29, 0.717) is 27.9 Å². The molecular formula is C29H47NO2S2. The zero-order valence-electron chi connectivity index (χ0n) is 22.8. The van der Waals surface area contributed by atoms with Crippen molar-refractivity contribution in [2.45, 2.75) is 120 Å². The number of thioether (sulfide) groups is 2. The van der Waals surface area contributed by atoms with Gasteiger partial charge in [0.15, 0.2) is 0 Å². The molecule has 0 spiro atoms. The monoisotopic (exact) mass is 505 g/mol. The molecule has 3 rings (SSSR count). The number of rotatable bonds is 5. The fourth-order valence-electron chi connectivity index (χ4n) is 5.29. The van der Waals surface area contributed by atoms with Crippen molar-refractivity contribution >= 4 is 29.4 Å². The fourth-order valence-corrected chi connectivity index (χ4v) is 8.21. The Morgan fingerprint density at radius 3 is 2.09 bits per heavy atom. The summed E-state index contributed by atoms with van der Waals surface area (Å²) in [5.74, 6) is 1.38. The van der Waals surface area contributed by atoms with Crippen molar-refractivity contribution in [3.8, 4) is 5.75 Å². The number of phenols is 1. The second-order valence-electron chi connectivity index (χ2n) is 13.2. The zero-order chi connectivity index (χ0) is 25.3. The molecule has 1 aliphatic heterocycles. The van der Waals surface area contributed by atoms with E-state index in [9.17, 15) is 9.90 Å². The molecule has 1 N–H and O–H groups in total. The van der Waals surface area contributed by atoms with Crippen LogP contribution in [-0.4, -0.2) is 45.3 Å². The topological polar surface area (TPSA) is 40.5 Å². The molecule has 2 fully saturated rings. The van der Waals surface area contributed by atoms with Gasteiger partial charge in [0, 0.05) is 39.6 Å². The Balaban J connectivity index is 1.74. The van der Waals surface area contributed by atoms with Gasteiger partial charge in [0.2, 0.25) is 5.91 Å². The number of benzene rings is 1. The maximum Gasteiger partial charge on any atom is 0.232 e. The van der Waals surface area contributed by atoms with Crippen LogP contribution in [0.4, 0.5) is 0 Å². The molecular weight excluding hydrogens is 458 g/mol. The van der Waals surface area contributed by atoms with E-state index in [-0.39, 0.29) is 16.2 Å². The van der Waals surface area contributed by atoms with Crippen LogP contribution >= 0.6 is 23.5 Å². The number of likely N-dealkylation sites (tertiary alicyclic amines) is 1. The highest BCUT2D eigenvalue weighted by Gasteiger charge is 2.32. The predicted octanol–water partition coefficient (Wildman–Crippen LogP) is 7.77. The van der Waals surface area contributed by atoms with Crippen LogP contribution < -0.4 is 0 Å². The van der Waals surface area contributed by atoms with Crippen LogP contribution in [0.5, 0.6) is 5.75 Å². The summed E-state index contributed by atoms with van der Waals surface area (Å²) in [6.07, 6.45) is 7.25. The Hall–Kier alpha value is -0.810. The molecule has 1 saturated carbocycles. The van der Waals surface area contributed by atoms with Crippen LogP contribution in [-0.2, 0) is 15.6 Å². The smallest absolute Gasteiger partial charge is 0.232 e. The first-order valence-electron chi connectivity index (χ1n) is 13.1. The number of hydrogen-bond acceptors (Lipinski definition) is 4. The lowest BCUT2D eigenvalue weighted by molar-refractivity contribution is -0.131. The average molecular weight is 506 g/mol. The predicted molar refractivity (Wildman–Crippen MR) is 149 cm³/mol. The van der Waals surface area contributed by atoms with Crippen LogP contribution in [0, 0.1) is 5.41 Å². The normalized spacial score (nSPS) is 23.7. The van der Waals surface area contributed by atoms with Crippen LogP contribution in [0.1, 0.15) is 105 Å². The average Bonchev–Trinajstić information content (AvgIpc) is 2.71. The minimum Gasteiger partial charge on any atom is -0.507 e. The number of aromatic hydroxyl groups is 1. The molecule has 1 aliphatic carbocycles. The summed E-state index contributed by atoms with van der Waals surface area (Å²) in [4.78, 5) is 16.4. The number of amides is 1. The quantitative estimate of drug-likeness (QED) is 0.444. The van der Waals surface area contributed by atoms with Gasteiger partial charge in [-0.1, -0.05) is 68.2 Å². The maximum absolute atomic E-state index is 13.0. The Labute approximate surface area is 217 Å². The minimum atomic E-state index is -0.115. The molecule has 5 heteroatoms. The van der Waals surface area contributed by atoms with Crippen molar-refractivity contribution in [1.82, 2.24) is 4.90 Å². The van der Waals surface area contributed by atoms with Gasteiger partial charge in [0.05, 0.1) is 5.75 Å². The van der Waals surface area contributed by atoms with Crippen LogP contribution in [0.15, 0.2) is 17.0 Å². The number of phenolic OH excluding ortho intramolecular Hbond substituents is 1. The first-order chi connectivity index (χ1) is 15.7. The molecule has 0 unspecified atom stereocenters. The molecule has 192 valence electrons. The third kappa shape index (κ3) is 7.12. The molecule has 1 saturated heterocycles.